The zero-order valence-corrected chi connectivity index (χ0v) is 20.2. The Morgan fingerprint density at radius 3 is 2.76 bits per heavy atom. The zero-order valence-electron chi connectivity index (χ0n) is 18.6. The highest BCUT2D eigenvalue weighted by Gasteiger charge is 2.24. The van der Waals surface area contributed by atoms with E-state index in [2.05, 4.69) is 41.2 Å². The van der Waals surface area contributed by atoms with E-state index in [1.807, 2.05) is 39.1 Å². The molecule has 3 aromatic heterocycles. The molecule has 1 aliphatic rings. The Morgan fingerprint density at radius 1 is 1.18 bits per heavy atom. The van der Waals surface area contributed by atoms with E-state index in [0.29, 0.717) is 28.9 Å². The molecule has 7 nitrogen and oxygen atoms in total. The topological polar surface area (TPSA) is 77.1 Å². The summed E-state index contributed by atoms with van der Waals surface area (Å²) in [7, 11) is 0. The van der Waals surface area contributed by atoms with Crippen molar-refractivity contribution >= 4 is 29.0 Å². The summed E-state index contributed by atoms with van der Waals surface area (Å²) in [5.74, 6) is 2.66. The Morgan fingerprint density at radius 2 is 2.00 bits per heavy atom. The molecule has 1 saturated heterocycles. The fourth-order valence-corrected chi connectivity index (χ4v) is 5.67. The normalized spacial score (nSPS) is 14.7. The molecule has 5 rings (SSSR count). The largest absolute Gasteiger partial charge is 0.461 e. The van der Waals surface area contributed by atoms with Crippen molar-refractivity contribution < 1.29 is 9.21 Å². The van der Waals surface area contributed by atoms with Crippen molar-refractivity contribution in [1.29, 1.82) is 0 Å². The van der Waals surface area contributed by atoms with Gasteiger partial charge in [-0.2, -0.15) is 0 Å². The van der Waals surface area contributed by atoms with E-state index in [-0.39, 0.29) is 5.91 Å². The molecule has 0 bridgehead atoms. The van der Waals surface area contributed by atoms with Crippen molar-refractivity contribution in [3.63, 3.8) is 0 Å². The van der Waals surface area contributed by atoms with Crippen LogP contribution in [0.2, 0.25) is 0 Å². The van der Waals surface area contributed by atoms with Gasteiger partial charge in [0.1, 0.15) is 10.7 Å². The summed E-state index contributed by atoms with van der Waals surface area (Å²) in [6.45, 7) is 5.94. The van der Waals surface area contributed by atoms with E-state index in [1.165, 1.54) is 11.3 Å². The Labute approximate surface area is 200 Å². The Balaban J connectivity index is 1.36. The van der Waals surface area contributed by atoms with Gasteiger partial charge in [0.25, 0.3) is 5.91 Å². The molecule has 1 amide bonds. The molecule has 0 radical (unpaired) electrons. The molecular formula is C24H25N5O2S2. The molecule has 33 heavy (non-hydrogen) atoms. The fraction of sp³-hybridized carbons (Fsp3) is 0.333. The molecule has 4 heterocycles. The average molecular weight is 480 g/mol. The van der Waals surface area contributed by atoms with Gasteiger partial charge in [0, 0.05) is 18.5 Å². The lowest BCUT2D eigenvalue weighted by Gasteiger charge is -2.29. The highest BCUT2D eigenvalue weighted by Crippen LogP contribution is 2.32. The van der Waals surface area contributed by atoms with Crippen LogP contribution in [-0.4, -0.2) is 43.6 Å². The van der Waals surface area contributed by atoms with Gasteiger partial charge < -0.3 is 9.32 Å². The maximum atomic E-state index is 12.8. The first-order valence-corrected chi connectivity index (χ1v) is 12.9. The molecule has 1 aliphatic heterocycles. The standard InChI is InChI=1S/C24H25N5O2S2/c1-16-9-11-28(12-10-16)23(30)18-14-32-21(25-18)15-33-24-27-26-22(20-8-5-13-31-20)29(24)19-7-4-3-6-17(19)2/h3-8,13-14,16H,9-12,15H2,1-2H3. The monoisotopic (exact) mass is 479 g/mol. The summed E-state index contributed by atoms with van der Waals surface area (Å²) in [4.78, 5) is 19.4. The summed E-state index contributed by atoms with van der Waals surface area (Å²) < 4.78 is 7.63. The van der Waals surface area contributed by atoms with Crippen LogP contribution < -0.4 is 0 Å². The van der Waals surface area contributed by atoms with Gasteiger partial charge in [0.05, 0.1) is 17.7 Å². The van der Waals surface area contributed by atoms with Crippen LogP contribution in [0.25, 0.3) is 17.3 Å². The van der Waals surface area contributed by atoms with Crippen LogP contribution in [0.4, 0.5) is 0 Å². The van der Waals surface area contributed by atoms with E-state index < -0.39 is 0 Å². The first-order chi connectivity index (χ1) is 16.1. The molecule has 4 aromatic rings. The summed E-state index contributed by atoms with van der Waals surface area (Å²) in [6, 6.07) is 11.9. The summed E-state index contributed by atoms with van der Waals surface area (Å²) >= 11 is 3.07. The number of carbonyl (C=O) groups excluding carboxylic acids is 1. The molecule has 9 heteroatoms. The SMILES string of the molecule is Cc1ccccc1-n1c(SCc2nc(C(=O)N3CCC(C)CC3)cs2)nnc1-c1ccco1. The molecular weight excluding hydrogens is 454 g/mol. The third-order valence-electron chi connectivity index (χ3n) is 5.90. The van der Waals surface area contributed by atoms with Gasteiger partial charge in [0.2, 0.25) is 5.82 Å². The molecule has 1 fully saturated rings. The number of hydrogen-bond acceptors (Lipinski definition) is 7. The lowest BCUT2D eigenvalue weighted by molar-refractivity contribution is 0.0692. The van der Waals surface area contributed by atoms with Crippen molar-refractivity contribution in [3.8, 4) is 17.3 Å². The molecule has 0 N–H and O–H groups in total. The van der Waals surface area contributed by atoms with Crippen molar-refractivity contribution in [3.05, 3.63) is 64.3 Å². The molecule has 170 valence electrons. The molecule has 0 saturated carbocycles. The molecule has 0 unspecified atom stereocenters. The smallest absolute Gasteiger partial charge is 0.273 e. The van der Waals surface area contributed by atoms with Crippen molar-refractivity contribution in [2.24, 2.45) is 5.92 Å². The van der Waals surface area contributed by atoms with Gasteiger partial charge in [-0.25, -0.2) is 4.98 Å². The first-order valence-electron chi connectivity index (χ1n) is 11.0. The van der Waals surface area contributed by atoms with Crippen LogP contribution in [0.3, 0.4) is 0 Å². The maximum absolute atomic E-state index is 12.8. The number of hydrogen-bond donors (Lipinski definition) is 0. The third kappa shape index (κ3) is 4.60. The number of para-hydroxylation sites is 1. The number of thiazole rings is 1. The molecule has 1 aromatic carbocycles. The van der Waals surface area contributed by atoms with Crippen LogP contribution in [0, 0.1) is 12.8 Å². The van der Waals surface area contributed by atoms with Gasteiger partial charge in [-0.05, 0) is 49.4 Å². The number of likely N-dealkylation sites (tertiary alicyclic amines) is 1. The fourth-order valence-electron chi connectivity index (χ4n) is 3.94. The molecule has 0 aliphatic carbocycles. The number of nitrogens with zero attached hydrogens (tertiary/aromatic N) is 5. The zero-order chi connectivity index (χ0) is 22.8. The second kappa shape index (κ2) is 9.52. The van der Waals surface area contributed by atoms with Gasteiger partial charge in [-0.15, -0.1) is 21.5 Å². The van der Waals surface area contributed by atoms with E-state index >= 15 is 0 Å². The summed E-state index contributed by atoms with van der Waals surface area (Å²) in [6.07, 6.45) is 3.76. The molecule has 0 atom stereocenters. The van der Waals surface area contributed by atoms with Crippen LogP contribution in [-0.2, 0) is 5.75 Å². The first kappa shape index (κ1) is 21.9. The summed E-state index contributed by atoms with van der Waals surface area (Å²) in [5, 5.41) is 12.4. The molecule has 0 spiro atoms. The lowest BCUT2D eigenvalue weighted by atomic mass is 9.99. The predicted molar refractivity (Wildman–Crippen MR) is 130 cm³/mol. The lowest BCUT2D eigenvalue weighted by Crippen LogP contribution is -2.38. The quantitative estimate of drug-likeness (QED) is 0.342. The van der Waals surface area contributed by atoms with E-state index in [4.69, 9.17) is 4.42 Å². The number of carbonyl (C=O) groups is 1. The summed E-state index contributed by atoms with van der Waals surface area (Å²) in [5.41, 5.74) is 2.66. The maximum Gasteiger partial charge on any atom is 0.273 e. The van der Waals surface area contributed by atoms with Crippen molar-refractivity contribution in [1.82, 2.24) is 24.6 Å². The van der Waals surface area contributed by atoms with Gasteiger partial charge in [0.15, 0.2) is 10.9 Å². The number of thioether (sulfide) groups is 1. The number of amides is 1. The van der Waals surface area contributed by atoms with E-state index in [1.54, 1.807) is 18.0 Å². The number of furan rings is 1. The highest BCUT2D eigenvalue weighted by molar-refractivity contribution is 7.98. The Kier molecular flexibility index (Phi) is 6.32. The minimum Gasteiger partial charge on any atom is -0.461 e. The minimum atomic E-state index is 0.0394. The number of benzene rings is 1. The van der Waals surface area contributed by atoms with Crippen LogP contribution >= 0.6 is 23.1 Å². The minimum absolute atomic E-state index is 0.0394. The van der Waals surface area contributed by atoms with E-state index in [9.17, 15) is 4.79 Å². The number of piperidine rings is 1. The second-order valence-electron chi connectivity index (χ2n) is 8.30. The van der Waals surface area contributed by atoms with Gasteiger partial charge in [-0.3, -0.25) is 9.36 Å². The number of rotatable bonds is 6. The average Bonchev–Trinajstić information content (AvgIpc) is 3.58. The van der Waals surface area contributed by atoms with E-state index in [0.717, 1.165) is 47.3 Å². The van der Waals surface area contributed by atoms with Crippen molar-refractivity contribution in [2.45, 2.75) is 37.6 Å². The number of aromatic nitrogens is 4. The van der Waals surface area contributed by atoms with Crippen LogP contribution in [0.1, 0.15) is 40.8 Å². The van der Waals surface area contributed by atoms with Crippen LogP contribution in [0.15, 0.2) is 57.6 Å². The van der Waals surface area contributed by atoms with Crippen molar-refractivity contribution in [2.75, 3.05) is 13.1 Å². The number of aryl methyl sites for hydroxylation is 1. The second-order valence-corrected chi connectivity index (χ2v) is 10.2. The Hall–Kier alpha value is -2.91. The van der Waals surface area contributed by atoms with Gasteiger partial charge >= 0.3 is 0 Å². The predicted octanol–water partition coefficient (Wildman–Crippen LogP) is 5.46. The Bertz CT molecular complexity index is 1240. The van der Waals surface area contributed by atoms with Crippen LogP contribution in [0.5, 0.6) is 0 Å². The highest BCUT2D eigenvalue weighted by atomic mass is 32.2. The van der Waals surface area contributed by atoms with Gasteiger partial charge in [-0.1, -0.05) is 36.9 Å². The third-order valence-corrected chi connectivity index (χ3v) is 7.87.